The van der Waals surface area contributed by atoms with Gasteiger partial charge in [-0.15, -0.1) is 6.58 Å². The average molecular weight is 203 g/mol. The number of para-hydroxylation sites is 1. The summed E-state index contributed by atoms with van der Waals surface area (Å²) >= 11 is 0. The smallest absolute Gasteiger partial charge is 0.223 e. The summed E-state index contributed by atoms with van der Waals surface area (Å²) in [6, 6.07) is 9.74. The van der Waals surface area contributed by atoms with Crippen molar-refractivity contribution < 1.29 is 4.79 Å². The van der Waals surface area contributed by atoms with E-state index in [0.29, 0.717) is 0 Å². The van der Waals surface area contributed by atoms with Crippen molar-refractivity contribution in [2.24, 2.45) is 0 Å². The van der Waals surface area contributed by atoms with Crippen LogP contribution in [-0.2, 0) is 4.79 Å². The van der Waals surface area contributed by atoms with Crippen molar-refractivity contribution in [2.45, 2.75) is 19.8 Å². The van der Waals surface area contributed by atoms with Crippen LogP contribution in [0, 0.1) is 0 Å². The van der Waals surface area contributed by atoms with Crippen LogP contribution >= 0.6 is 0 Å². The van der Waals surface area contributed by atoms with Crippen molar-refractivity contribution in [3.05, 3.63) is 43.0 Å². The molecule has 0 unspecified atom stereocenters. The third kappa shape index (κ3) is 3.58. The second-order valence-corrected chi connectivity index (χ2v) is 3.44. The summed E-state index contributed by atoms with van der Waals surface area (Å²) in [6.45, 7) is 6.03. The van der Waals surface area contributed by atoms with Crippen LogP contribution in [0.4, 0.5) is 5.69 Å². The number of hydrogen-bond donors (Lipinski definition) is 0. The van der Waals surface area contributed by atoms with Crippen LogP contribution in [0.3, 0.4) is 0 Å². The zero-order chi connectivity index (χ0) is 11.1. The number of amides is 1. The molecule has 80 valence electrons. The molecule has 0 radical (unpaired) electrons. The molecule has 0 aliphatic carbocycles. The molecule has 0 heterocycles. The van der Waals surface area contributed by atoms with Crippen molar-refractivity contribution in [1.29, 1.82) is 0 Å². The Morgan fingerprint density at radius 2 is 2.07 bits per heavy atom. The van der Waals surface area contributed by atoms with E-state index >= 15 is 0 Å². The van der Waals surface area contributed by atoms with Gasteiger partial charge in [-0.25, -0.2) is 0 Å². The van der Waals surface area contributed by atoms with Crippen LogP contribution in [0.5, 0.6) is 0 Å². The van der Waals surface area contributed by atoms with Gasteiger partial charge in [-0.1, -0.05) is 24.3 Å². The summed E-state index contributed by atoms with van der Waals surface area (Å²) < 4.78 is 0. The molecular weight excluding hydrogens is 186 g/mol. The molecule has 2 nitrogen and oxygen atoms in total. The predicted molar refractivity (Wildman–Crippen MR) is 63.9 cm³/mol. The first-order chi connectivity index (χ1) is 7.25. The Kier molecular flexibility index (Phi) is 4.61. The van der Waals surface area contributed by atoms with E-state index in [1.165, 1.54) is 0 Å². The van der Waals surface area contributed by atoms with E-state index in [-0.39, 0.29) is 5.91 Å². The Labute approximate surface area is 91.2 Å². The van der Waals surface area contributed by atoms with Crippen molar-refractivity contribution in [2.75, 3.05) is 11.4 Å². The molecule has 0 saturated carbocycles. The van der Waals surface area contributed by atoms with Gasteiger partial charge in [0.1, 0.15) is 0 Å². The van der Waals surface area contributed by atoms with Crippen molar-refractivity contribution >= 4 is 11.6 Å². The number of benzene rings is 1. The number of hydrogen-bond acceptors (Lipinski definition) is 1. The largest absolute Gasteiger partial charge is 0.313 e. The second kappa shape index (κ2) is 6.02. The quantitative estimate of drug-likeness (QED) is 0.532. The van der Waals surface area contributed by atoms with Crippen molar-refractivity contribution in [3.8, 4) is 0 Å². The highest BCUT2D eigenvalue weighted by atomic mass is 16.2. The molecule has 2 heteroatoms. The van der Waals surface area contributed by atoms with Crippen LogP contribution in [0.2, 0.25) is 0 Å². The van der Waals surface area contributed by atoms with Crippen LogP contribution < -0.4 is 4.90 Å². The van der Waals surface area contributed by atoms with E-state index in [1.807, 2.05) is 36.4 Å². The minimum Gasteiger partial charge on any atom is -0.313 e. The molecule has 0 aromatic heterocycles. The molecule has 0 saturated heterocycles. The monoisotopic (exact) mass is 203 g/mol. The number of allylic oxidation sites excluding steroid dienone is 1. The minimum atomic E-state index is 0.0882. The van der Waals surface area contributed by atoms with Gasteiger partial charge < -0.3 is 4.90 Å². The number of carbonyl (C=O) groups excluding carboxylic acids is 1. The zero-order valence-corrected chi connectivity index (χ0v) is 9.15. The Bertz CT molecular complexity index is 319. The summed E-state index contributed by atoms with van der Waals surface area (Å²) in [6.07, 6.45) is 3.78. The molecular formula is C13H17NO. The van der Waals surface area contributed by atoms with E-state index in [1.54, 1.807) is 11.8 Å². The van der Waals surface area contributed by atoms with E-state index < -0.39 is 0 Å². The van der Waals surface area contributed by atoms with Gasteiger partial charge in [0.25, 0.3) is 0 Å². The highest BCUT2D eigenvalue weighted by molar-refractivity contribution is 5.91. The van der Waals surface area contributed by atoms with Gasteiger partial charge in [0.15, 0.2) is 0 Å². The lowest BCUT2D eigenvalue weighted by atomic mass is 10.2. The number of carbonyl (C=O) groups is 1. The van der Waals surface area contributed by atoms with Gasteiger partial charge in [-0.2, -0.15) is 0 Å². The molecule has 1 aromatic rings. The Morgan fingerprint density at radius 1 is 1.40 bits per heavy atom. The van der Waals surface area contributed by atoms with Crippen LogP contribution in [0.25, 0.3) is 0 Å². The van der Waals surface area contributed by atoms with Crippen LogP contribution in [0.1, 0.15) is 19.8 Å². The van der Waals surface area contributed by atoms with Crippen LogP contribution in [0.15, 0.2) is 43.0 Å². The Hall–Kier alpha value is -1.57. The normalized spacial score (nSPS) is 9.67. The fourth-order valence-corrected chi connectivity index (χ4v) is 1.47. The minimum absolute atomic E-state index is 0.0882. The molecule has 1 rings (SSSR count). The number of anilines is 1. The van der Waals surface area contributed by atoms with Gasteiger partial charge in [0, 0.05) is 19.2 Å². The molecule has 0 atom stereocenters. The standard InChI is InChI=1S/C13H17NO/c1-3-4-8-11-14(12(2)15)13-9-6-5-7-10-13/h3,5-7,9-10H,1,4,8,11H2,2H3. The molecule has 0 spiro atoms. The molecule has 0 fully saturated rings. The first-order valence-electron chi connectivity index (χ1n) is 5.19. The van der Waals surface area contributed by atoms with Gasteiger partial charge in [-0.05, 0) is 25.0 Å². The number of nitrogens with zero attached hydrogens (tertiary/aromatic N) is 1. The summed E-state index contributed by atoms with van der Waals surface area (Å²) in [5.41, 5.74) is 0.967. The molecule has 0 N–H and O–H groups in total. The topological polar surface area (TPSA) is 20.3 Å². The lowest BCUT2D eigenvalue weighted by molar-refractivity contribution is -0.116. The van der Waals surface area contributed by atoms with Crippen molar-refractivity contribution in [1.82, 2.24) is 0 Å². The predicted octanol–water partition coefficient (Wildman–Crippen LogP) is 3.01. The summed E-state index contributed by atoms with van der Waals surface area (Å²) in [4.78, 5) is 13.2. The van der Waals surface area contributed by atoms with E-state index in [2.05, 4.69) is 6.58 Å². The number of unbranched alkanes of at least 4 members (excludes halogenated alkanes) is 1. The van der Waals surface area contributed by atoms with Gasteiger partial charge >= 0.3 is 0 Å². The zero-order valence-electron chi connectivity index (χ0n) is 9.15. The van der Waals surface area contributed by atoms with Gasteiger partial charge in [0.2, 0.25) is 5.91 Å². The lowest BCUT2D eigenvalue weighted by Gasteiger charge is -2.20. The SMILES string of the molecule is C=CCCCN(C(C)=O)c1ccccc1. The lowest BCUT2D eigenvalue weighted by Crippen LogP contribution is -2.29. The van der Waals surface area contributed by atoms with Gasteiger partial charge in [0.05, 0.1) is 0 Å². The van der Waals surface area contributed by atoms with Crippen molar-refractivity contribution in [3.63, 3.8) is 0 Å². The molecule has 1 aromatic carbocycles. The third-order valence-corrected chi connectivity index (χ3v) is 2.24. The second-order valence-electron chi connectivity index (χ2n) is 3.44. The Balaban J connectivity index is 2.66. The maximum Gasteiger partial charge on any atom is 0.223 e. The number of rotatable bonds is 5. The molecule has 1 amide bonds. The maximum atomic E-state index is 11.4. The molecule has 0 bridgehead atoms. The molecule has 0 aliphatic rings. The summed E-state index contributed by atoms with van der Waals surface area (Å²) in [5, 5.41) is 0. The summed E-state index contributed by atoms with van der Waals surface area (Å²) in [5.74, 6) is 0.0882. The molecule has 0 aliphatic heterocycles. The first kappa shape index (κ1) is 11.5. The summed E-state index contributed by atoms with van der Waals surface area (Å²) in [7, 11) is 0. The Morgan fingerprint density at radius 3 is 2.60 bits per heavy atom. The van der Waals surface area contributed by atoms with E-state index in [4.69, 9.17) is 0 Å². The van der Waals surface area contributed by atoms with Gasteiger partial charge in [-0.3, -0.25) is 4.79 Å². The highest BCUT2D eigenvalue weighted by Crippen LogP contribution is 2.14. The molecule has 15 heavy (non-hydrogen) atoms. The highest BCUT2D eigenvalue weighted by Gasteiger charge is 2.09. The van der Waals surface area contributed by atoms with Crippen LogP contribution in [-0.4, -0.2) is 12.5 Å². The fourth-order valence-electron chi connectivity index (χ4n) is 1.47. The maximum absolute atomic E-state index is 11.4. The fraction of sp³-hybridized carbons (Fsp3) is 0.308. The average Bonchev–Trinajstić information content (AvgIpc) is 2.25. The third-order valence-electron chi connectivity index (χ3n) is 2.24. The van der Waals surface area contributed by atoms with E-state index in [0.717, 1.165) is 25.1 Å². The first-order valence-corrected chi connectivity index (χ1v) is 5.19. The van der Waals surface area contributed by atoms with E-state index in [9.17, 15) is 4.79 Å².